The number of carbonyl (C=O) groups is 1. The summed E-state index contributed by atoms with van der Waals surface area (Å²) < 4.78 is 37.4. The van der Waals surface area contributed by atoms with Gasteiger partial charge in [0.15, 0.2) is 0 Å². The Morgan fingerprint density at radius 2 is 0.978 bits per heavy atom. The van der Waals surface area contributed by atoms with Crippen LogP contribution in [0.3, 0.4) is 0 Å². The monoisotopic (exact) mass is 706 g/mol. The van der Waals surface area contributed by atoms with Crippen LogP contribution in [-0.2, 0) is 36.9 Å². The van der Waals surface area contributed by atoms with Gasteiger partial charge in [0, 0.05) is 38.5 Å². The molecule has 0 amide bonds. The van der Waals surface area contributed by atoms with E-state index in [2.05, 4.69) is 128 Å². The molecule has 0 aliphatic carbocycles. The smallest absolute Gasteiger partial charge is 0.507 e. The van der Waals surface area contributed by atoms with Crippen LogP contribution < -0.4 is 34.3 Å². The zero-order valence-electron chi connectivity index (χ0n) is 30.6. The summed E-state index contributed by atoms with van der Waals surface area (Å²) in [7, 11) is -4.67. The molecule has 256 valence electrons. The number of phenolic OH excluding ortho intramolecular Hbond substituents is 1. The summed E-state index contributed by atoms with van der Waals surface area (Å²) in [4.78, 5) is 14.9. The number of rotatable bonds is 7. The van der Waals surface area contributed by atoms with E-state index in [1.807, 2.05) is 23.5 Å². The molecule has 2 rings (SSSR count). The zero-order valence-corrected chi connectivity index (χ0v) is 35.1. The molecule has 0 radical (unpaired) electrons. The van der Waals surface area contributed by atoms with Gasteiger partial charge < -0.3 is 16.8 Å². The summed E-state index contributed by atoms with van der Waals surface area (Å²) in [5, 5.41) is 11.2. The molecule has 2 aromatic carbocycles. The Kier molecular flexibility index (Phi) is 16.1. The Labute approximate surface area is 309 Å². The van der Waals surface area contributed by atoms with Crippen LogP contribution in [0.15, 0.2) is 34.1 Å². The average Bonchev–Trinajstić information content (AvgIpc) is 2.76. The normalized spacial score (nSPS) is 13.0. The number of hydrogen-bond acceptors (Lipinski definition) is 7. The van der Waals surface area contributed by atoms with Gasteiger partial charge in [-0.15, -0.1) is 23.5 Å². The van der Waals surface area contributed by atoms with Gasteiger partial charge in [-0.1, -0.05) is 83.1 Å². The van der Waals surface area contributed by atoms with Crippen LogP contribution >= 0.6 is 23.5 Å². The van der Waals surface area contributed by atoms with E-state index in [-0.39, 0.29) is 61.3 Å². The first kappa shape index (κ1) is 45.3. The van der Waals surface area contributed by atoms with Gasteiger partial charge in [0.25, 0.3) is 0 Å². The minimum Gasteiger partial charge on any atom is -0.507 e. The summed E-state index contributed by atoms with van der Waals surface area (Å²) in [6.07, 6.45) is 0.812. The van der Waals surface area contributed by atoms with Gasteiger partial charge in [0.1, 0.15) is 11.5 Å². The fourth-order valence-electron chi connectivity index (χ4n) is 4.59. The van der Waals surface area contributed by atoms with Crippen molar-refractivity contribution in [3.63, 3.8) is 0 Å². The predicted molar refractivity (Wildman–Crippen MR) is 190 cm³/mol. The molecule has 2 aromatic rings. The topological polar surface area (TPSA) is 121 Å². The second-order valence-corrected chi connectivity index (χ2v) is 20.4. The molecule has 11 heteroatoms. The van der Waals surface area contributed by atoms with Gasteiger partial charge in [0.2, 0.25) is 0 Å². The van der Waals surface area contributed by atoms with E-state index < -0.39 is 10.4 Å². The molecule has 0 spiro atoms. The molecular weight excluding hydrogens is 652 g/mol. The Bertz CT molecular complexity index is 1380. The van der Waals surface area contributed by atoms with E-state index in [0.29, 0.717) is 24.3 Å². The van der Waals surface area contributed by atoms with Gasteiger partial charge in [-0.05, 0) is 59.8 Å². The minimum absolute atomic E-state index is 0. The third-order valence-electron chi connectivity index (χ3n) is 6.70. The predicted octanol–water partition coefficient (Wildman–Crippen LogP) is 7.07. The number of thioether (sulfide) groups is 2. The molecule has 0 saturated carbocycles. The Morgan fingerprint density at radius 3 is 1.24 bits per heavy atom. The van der Waals surface area contributed by atoms with Crippen molar-refractivity contribution in [1.82, 2.24) is 0 Å². The number of benzene rings is 2. The van der Waals surface area contributed by atoms with Crippen LogP contribution in [0.25, 0.3) is 0 Å². The van der Waals surface area contributed by atoms with Crippen LogP contribution in [0.5, 0.6) is 11.5 Å². The minimum atomic E-state index is -4.67. The molecule has 0 aliphatic rings. The number of esters is 1. The fraction of sp³-hybridized carbons (Fsp3) is 0.600. The third kappa shape index (κ3) is 14.8. The average molecular weight is 707 g/mol. The summed E-state index contributed by atoms with van der Waals surface area (Å²) in [5.74, 6) is 0.860. The van der Waals surface area contributed by atoms with Crippen molar-refractivity contribution in [2.45, 2.75) is 145 Å². The first-order valence-electron chi connectivity index (χ1n) is 15.0. The molecule has 0 aliphatic heterocycles. The molecule has 7 nitrogen and oxygen atoms in total. The molecular formula is C35H55NaO7S3. The molecule has 0 unspecified atom stereocenters. The molecule has 0 aromatic heterocycles. The SMILES string of the molecule is O=S(=O)(O)O.[CH2-]CCC(=O)Oc1c(C(C)(C)C)cc(SC(C)(C)Sc2cc(C(C)(C)C)c(O)c(C(C)(C)C)c2)cc1C(C)(C)C.[Na+]. The molecule has 0 fully saturated rings. The number of phenols is 1. The van der Waals surface area contributed by atoms with Crippen LogP contribution in [0.2, 0.25) is 0 Å². The van der Waals surface area contributed by atoms with Crippen molar-refractivity contribution in [3.05, 3.63) is 53.4 Å². The first-order valence-corrected chi connectivity index (χ1v) is 18.0. The summed E-state index contributed by atoms with van der Waals surface area (Å²) in [6.45, 7) is 34.2. The van der Waals surface area contributed by atoms with Crippen molar-refractivity contribution >= 4 is 39.9 Å². The molecule has 0 atom stereocenters. The standard InChI is InChI=1S/C35H53O3S2.Na.H2O4S/c1-16-17-28(36)38-30-26(33(8,9)10)20-23(21-27(30)34(11,12)13)40-35(14,15)39-22-18-24(31(2,3)4)29(37)25(19-22)32(5,6)7;;1-5(2,3)4/h18-21,37H,1,16-17H2,2-15H3;;(H2,1,2,3,4)/q-1;+1;. The number of aromatic hydroxyl groups is 1. The summed E-state index contributed by atoms with van der Waals surface area (Å²) >= 11 is 3.64. The van der Waals surface area contributed by atoms with Crippen LogP contribution in [0, 0.1) is 6.92 Å². The van der Waals surface area contributed by atoms with Gasteiger partial charge in [0.05, 0.1) is 4.08 Å². The van der Waals surface area contributed by atoms with Crippen molar-refractivity contribution < 1.29 is 61.7 Å². The van der Waals surface area contributed by atoms with E-state index in [0.717, 1.165) is 32.0 Å². The molecule has 46 heavy (non-hydrogen) atoms. The first-order chi connectivity index (χ1) is 19.9. The van der Waals surface area contributed by atoms with Crippen LogP contribution in [0.4, 0.5) is 0 Å². The maximum atomic E-state index is 12.6. The van der Waals surface area contributed by atoms with Crippen LogP contribution in [0.1, 0.15) is 132 Å². The molecule has 0 bridgehead atoms. The molecule has 0 saturated heterocycles. The Hall–Kier alpha value is -0.720. The second-order valence-electron chi connectivity index (χ2n) is 15.8. The van der Waals surface area contributed by atoms with Gasteiger partial charge in [-0.25, -0.2) is 0 Å². The maximum absolute atomic E-state index is 12.6. The number of ether oxygens (including phenoxy) is 1. The maximum Gasteiger partial charge on any atom is 1.00 e. The van der Waals surface area contributed by atoms with Crippen molar-refractivity contribution in [2.24, 2.45) is 0 Å². The van der Waals surface area contributed by atoms with E-state index in [1.54, 1.807) is 0 Å². The zero-order chi connectivity index (χ0) is 35.6. The largest absolute Gasteiger partial charge is 1.00 e. The summed E-state index contributed by atoms with van der Waals surface area (Å²) in [6, 6.07) is 8.72. The summed E-state index contributed by atoms with van der Waals surface area (Å²) in [5.41, 5.74) is 3.24. The van der Waals surface area contributed by atoms with Crippen molar-refractivity contribution in [1.29, 1.82) is 0 Å². The van der Waals surface area contributed by atoms with E-state index in [1.165, 1.54) is 0 Å². The van der Waals surface area contributed by atoms with Gasteiger partial charge in [-0.2, -0.15) is 14.8 Å². The Balaban J connectivity index is 0.00000312. The van der Waals surface area contributed by atoms with E-state index in [4.69, 9.17) is 22.3 Å². The van der Waals surface area contributed by atoms with Crippen LogP contribution in [-0.4, -0.2) is 32.7 Å². The van der Waals surface area contributed by atoms with Crippen molar-refractivity contribution in [2.75, 3.05) is 0 Å². The fourth-order valence-corrected chi connectivity index (χ4v) is 7.18. The number of hydrogen-bond donors (Lipinski definition) is 3. The quantitative estimate of drug-likeness (QED) is 0.0528. The third-order valence-corrected chi connectivity index (χ3v) is 9.13. The number of carbonyl (C=O) groups excluding carboxylic acids is 1. The second kappa shape index (κ2) is 16.3. The Morgan fingerprint density at radius 1 is 0.696 bits per heavy atom. The molecule has 0 heterocycles. The van der Waals surface area contributed by atoms with Crippen molar-refractivity contribution in [3.8, 4) is 11.5 Å². The van der Waals surface area contributed by atoms with Gasteiger partial charge in [-0.3, -0.25) is 13.9 Å². The van der Waals surface area contributed by atoms with E-state index in [9.17, 15) is 9.90 Å². The van der Waals surface area contributed by atoms with E-state index >= 15 is 0 Å². The van der Waals surface area contributed by atoms with Gasteiger partial charge >= 0.3 is 45.9 Å². The molecule has 3 N–H and O–H groups in total.